The van der Waals surface area contributed by atoms with Gasteiger partial charge in [-0.05, 0) is 31.7 Å². The highest BCUT2D eigenvalue weighted by molar-refractivity contribution is 7.09. The van der Waals surface area contributed by atoms with Crippen LogP contribution in [0, 0.1) is 6.92 Å². The molecule has 0 bridgehead atoms. The van der Waals surface area contributed by atoms with Crippen LogP contribution in [-0.2, 0) is 9.59 Å². The topological polar surface area (TPSA) is 62.3 Å². The number of hydrogen-bond acceptors (Lipinski definition) is 4. The third kappa shape index (κ3) is 4.12. The van der Waals surface area contributed by atoms with Crippen molar-refractivity contribution in [3.63, 3.8) is 0 Å². The maximum absolute atomic E-state index is 13.2. The predicted molar refractivity (Wildman–Crippen MR) is 103 cm³/mol. The molecule has 1 N–H and O–H groups in total. The highest BCUT2D eigenvalue weighted by atomic mass is 32.1. The lowest BCUT2D eigenvalue weighted by atomic mass is 10.00. The number of benzene rings is 1. The Morgan fingerprint density at radius 1 is 1.31 bits per heavy atom. The monoisotopic (exact) mass is 371 g/mol. The van der Waals surface area contributed by atoms with Crippen molar-refractivity contribution in [2.45, 2.75) is 51.6 Å². The van der Waals surface area contributed by atoms with Crippen LogP contribution >= 0.6 is 11.3 Å². The fraction of sp³-hybridized carbons (Fsp3) is 0.450. The van der Waals surface area contributed by atoms with Crippen molar-refractivity contribution >= 4 is 23.2 Å². The van der Waals surface area contributed by atoms with E-state index in [0.29, 0.717) is 13.0 Å². The molecule has 1 aliphatic heterocycles. The summed E-state index contributed by atoms with van der Waals surface area (Å²) in [6.07, 6.45) is 3.10. The molecule has 2 heterocycles. The molecule has 2 aromatic rings. The Bertz CT molecular complexity index is 759. The first-order valence-electron chi connectivity index (χ1n) is 9.17. The SMILES string of the molecule is CC[C@H](NC(=O)[C@H](c1ccccc1)N1CCCCC1=O)c1nc(C)cs1. The summed E-state index contributed by atoms with van der Waals surface area (Å²) >= 11 is 1.56. The Hall–Kier alpha value is -2.21. The molecular weight excluding hydrogens is 346 g/mol. The molecule has 1 aliphatic rings. The molecule has 2 atom stereocenters. The van der Waals surface area contributed by atoms with E-state index in [1.54, 1.807) is 16.2 Å². The molecule has 0 radical (unpaired) electrons. The number of amides is 2. The molecule has 26 heavy (non-hydrogen) atoms. The Kier molecular flexibility index (Phi) is 6.04. The van der Waals surface area contributed by atoms with Gasteiger partial charge in [0.1, 0.15) is 11.0 Å². The number of carbonyl (C=O) groups excluding carboxylic acids is 2. The van der Waals surface area contributed by atoms with Crippen molar-refractivity contribution in [1.82, 2.24) is 15.2 Å². The minimum absolute atomic E-state index is 0.0541. The molecule has 2 amide bonds. The van der Waals surface area contributed by atoms with Crippen LogP contribution in [0.2, 0.25) is 0 Å². The second-order valence-electron chi connectivity index (χ2n) is 6.65. The molecule has 1 aromatic carbocycles. The predicted octanol–water partition coefficient (Wildman–Crippen LogP) is 3.77. The van der Waals surface area contributed by atoms with Crippen molar-refractivity contribution in [1.29, 1.82) is 0 Å². The van der Waals surface area contributed by atoms with Crippen LogP contribution in [0.25, 0.3) is 0 Å². The van der Waals surface area contributed by atoms with E-state index in [9.17, 15) is 9.59 Å². The van der Waals surface area contributed by atoms with Gasteiger partial charge in [0.2, 0.25) is 11.8 Å². The number of aromatic nitrogens is 1. The Balaban J connectivity index is 1.85. The maximum Gasteiger partial charge on any atom is 0.248 e. The van der Waals surface area contributed by atoms with Crippen LogP contribution in [0.3, 0.4) is 0 Å². The number of likely N-dealkylation sites (tertiary alicyclic amines) is 1. The summed E-state index contributed by atoms with van der Waals surface area (Å²) in [6, 6.07) is 8.86. The van der Waals surface area contributed by atoms with E-state index < -0.39 is 6.04 Å². The number of aryl methyl sites for hydroxylation is 1. The van der Waals surface area contributed by atoms with Crippen molar-refractivity contribution in [2.75, 3.05) is 6.54 Å². The van der Waals surface area contributed by atoms with E-state index in [2.05, 4.69) is 10.3 Å². The van der Waals surface area contributed by atoms with Gasteiger partial charge in [0.05, 0.1) is 6.04 Å². The molecule has 1 aromatic heterocycles. The number of nitrogens with zero attached hydrogens (tertiary/aromatic N) is 2. The van der Waals surface area contributed by atoms with Crippen LogP contribution < -0.4 is 5.32 Å². The second-order valence-corrected chi connectivity index (χ2v) is 7.54. The summed E-state index contributed by atoms with van der Waals surface area (Å²) in [4.78, 5) is 31.9. The summed E-state index contributed by atoms with van der Waals surface area (Å²) in [5.41, 5.74) is 1.81. The zero-order chi connectivity index (χ0) is 18.5. The first-order chi connectivity index (χ1) is 12.6. The molecule has 0 aliphatic carbocycles. The molecule has 3 rings (SSSR count). The first-order valence-corrected chi connectivity index (χ1v) is 10.0. The Labute approximate surface area is 158 Å². The number of carbonyl (C=O) groups is 2. The minimum atomic E-state index is -0.584. The van der Waals surface area contributed by atoms with E-state index >= 15 is 0 Å². The first kappa shape index (κ1) is 18.6. The van der Waals surface area contributed by atoms with Gasteiger partial charge in [0.25, 0.3) is 0 Å². The number of thiazole rings is 1. The van der Waals surface area contributed by atoms with E-state index in [0.717, 1.165) is 35.5 Å². The largest absolute Gasteiger partial charge is 0.345 e. The van der Waals surface area contributed by atoms with Crippen LogP contribution in [0.5, 0.6) is 0 Å². The van der Waals surface area contributed by atoms with Crippen molar-refractivity contribution < 1.29 is 9.59 Å². The third-order valence-corrected chi connectivity index (χ3v) is 5.77. The zero-order valence-electron chi connectivity index (χ0n) is 15.3. The van der Waals surface area contributed by atoms with Crippen molar-refractivity contribution in [3.8, 4) is 0 Å². The van der Waals surface area contributed by atoms with Gasteiger partial charge in [-0.3, -0.25) is 9.59 Å². The quantitative estimate of drug-likeness (QED) is 0.841. The van der Waals surface area contributed by atoms with Crippen LogP contribution in [-0.4, -0.2) is 28.2 Å². The molecule has 0 saturated carbocycles. The summed E-state index contributed by atoms with van der Waals surface area (Å²) in [5.74, 6) is -0.0791. The molecule has 6 heteroatoms. The van der Waals surface area contributed by atoms with Gasteiger partial charge in [-0.25, -0.2) is 4.98 Å². The molecule has 1 saturated heterocycles. The number of hydrogen-bond donors (Lipinski definition) is 1. The smallest absolute Gasteiger partial charge is 0.248 e. The minimum Gasteiger partial charge on any atom is -0.345 e. The summed E-state index contributed by atoms with van der Waals surface area (Å²) in [6.45, 7) is 4.61. The molecule has 138 valence electrons. The van der Waals surface area contributed by atoms with Gasteiger partial charge in [-0.15, -0.1) is 11.3 Å². The van der Waals surface area contributed by atoms with Gasteiger partial charge in [-0.2, -0.15) is 0 Å². The van der Waals surface area contributed by atoms with Crippen LogP contribution in [0.1, 0.15) is 61.0 Å². The van der Waals surface area contributed by atoms with Gasteiger partial charge >= 0.3 is 0 Å². The molecule has 0 unspecified atom stereocenters. The Morgan fingerprint density at radius 2 is 2.08 bits per heavy atom. The molecule has 0 spiro atoms. The third-order valence-electron chi connectivity index (χ3n) is 4.69. The zero-order valence-corrected chi connectivity index (χ0v) is 16.1. The van der Waals surface area contributed by atoms with Gasteiger partial charge in [-0.1, -0.05) is 37.3 Å². The molecule has 5 nitrogen and oxygen atoms in total. The molecular formula is C20H25N3O2S. The highest BCUT2D eigenvalue weighted by Gasteiger charge is 2.33. The van der Waals surface area contributed by atoms with Crippen LogP contribution in [0.15, 0.2) is 35.7 Å². The average molecular weight is 372 g/mol. The Morgan fingerprint density at radius 3 is 2.69 bits per heavy atom. The van der Waals surface area contributed by atoms with E-state index in [1.165, 1.54) is 0 Å². The number of rotatable bonds is 6. The summed E-state index contributed by atoms with van der Waals surface area (Å²) in [7, 11) is 0. The highest BCUT2D eigenvalue weighted by Crippen LogP contribution is 2.28. The lowest BCUT2D eigenvalue weighted by Gasteiger charge is -2.34. The fourth-order valence-electron chi connectivity index (χ4n) is 3.33. The van der Waals surface area contributed by atoms with E-state index in [-0.39, 0.29) is 17.9 Å². The van der Waals surface area contributed by atoms with E-state index in [1.807, 2.05) is 49.6 Å². The summed E-state index contributed by atoms with van der Waals surface area (Å²) < 4.78 is 0. The lowest BCUT2D eigenvalue weighted by Crippen LogP contribution is -2.46. The standard InChI is InChI=1S/C20H25N3O2S/c1-3-16(20-21-14(2)13-26-20)22-19(25)18(15-9-5-4-6-10-15)23-12-8-7-11-17(23)24/h4-6,9-10,13,16,18H,3,7-8,11-12H2,1-2H3,(H,22,25)/t16-,18-/m0/s1. The number of piperidine rings is 1. The summed E-state index contributed by atoms with van der Waals surface area (Å²) in [5, 5.41) is 6.03. The fourth-order valence-corrected chi connectivity index (χ4v) is 4.26. The van der Waals surface area contributed by atoms with Gasteiger partial charge in [0.15, 0.2) is 0 Å². The maximum atomic E-state index is 13.2. The lowest BCUT2D eigenvalue weighted by molar-refractivity contribution is -0.143. The van der Waals surface area contributed by atoms with Gasteiger partial charge in [0, 0.05) is 24.0 Å². The van der Waals surface area contributed by atoms with Crippen molar-refractivity contribution in [2.24, 2.45) is 0 Å². The average Bonchev–Trinajstić information content (AvgIpc) is 3.08. The van der Waals surface area contributed by atoms with Crippen LogP contribution in [0.4, 0.5) is 0 Å². The second kappa shape index (κ2) is 8.45. The molecule has 1 fully saturated rings. The van der Waals surface area contributed by atoms with Gasteiger partial charge < -0.3 is 10.2 Å². The number of nitrogens with one attached hydrogen (secondary N) is 1. The van der Waals surface area contributed by atoms with Crippen molar-refractivity contribution in [3.05, 3.63) is 52.0 Å². The normalized spacial score (nSPS) is 17.0. The van der Waals surface area contributed by atoms with E-state index in [4.69, 9.17) is 0 Å².